The topological polar surface area (TPSA) is 64.0 Å². The molecular formula is C25H22FN3O4Se. The number of ether oxygens (including phenoxy) is 2. The van der Waals surface area contributed by atoms with Crippen LogP contribution < -0.4 is 19.6 Å². The number of amides is 1. The van der Waals surface area contributed by atoms with Crippen LogP contribution in [0, 0.1) is 5.82 Å². The minimum atomic E-state index is -0.400. The van der Waals surface area contributed by atoms with E-state index in [0.717, 1.165) is 22.0 Å². The molecule has 3 aliphatic rings. The number of rotatable bonds is 2. The maximum absolute atomic E-state index is 14.3. The fourth-order valence-electron chi connectivity index (χ4n) is 5.13. The van der Waals surface area contributed by atoms with Crippen LogP contribution in [0.15, 0.2) is 59.5 Å². The molecule has 2 aromatic carbocycles. The molecule has 7 nitrogen and oxygen atoms in total. The predicted octanol–water partition coefficient (Wildman–Crippen LogP) is 1.38. The van der Waals surface area contributed by atoms with Gasteiger partial charge in [0.2, 0.25) is 0 Å². The first-order valence-electron chi connectivity index (χ1n) is 11.1. The van der Waals surface area contributed by atoms with Gasteiger partial charge in [0.15, 0.2) is 0 Å². The van der Waals surface area contributed by atoms with Crippen molar-refractivity contribution in [3.05, 3.63) is 93.2 Å². The molecule has 0 unspecified atom stereocenters. The van der Waals surface area contributed by atoms with Crippen LogP contribution in [-0.4, -0.2) is 63.5 Å². The maximum atomic E-state index is 14.3. The number of methoxy groups -OCH3 is 1. The van der Waals surface area contributed by atoms with Gasteiger partial charge < -0.3 is 0 Å². The average molecular weight is 526 g/mol. The van der Waals surface area contributed by atoms with Gasteiger partial charge >= 0.3 is 202 Å². The second-order valence-corrected chi connectivity index (χ2v) is 10.5. The normalized spacial score (nSPS) is 21.2. The molecule has 0 saturated carbocycles. The van der Waals surface area contributed by atoms with Crippen LogP contribution in [-0.2, 0) is 10.1 Å². The molecule has 4 heterocycles. The van der Waals surface area contributed by atoms with Crippen molar-refractivity contribution < 1.29 is 18.7 Å². The van der Waals surface area contributed by atoms with Gasteiger partial charge in [0.05, 0.1) is 0 Å². The van der Waals surface area contributed by atoms with Crippen LogP contribution >= 0.6 is 0 Å². The monoisotopic (exact) mass is 527 g/mol. The van der Waals surface area contributed by atoms with Crippen LogP contribution in [0.3, 0.4) is 0 Å². The summed E-state index contributed by atoms with van der Waals surface area (Å²) < 4.78 is 28.5. The Labute approximate surface area is 201 Å². The zero-order valence-electron chi connectivity index (χ0n) is 18.4. The van der Waals surface area contributed by atoms with Crippen LogP contribution in [0.2, 0.25) is 0 Å². The van der Waals surface area contributed by atoms with Crippen LogP contribution in [0.4, 0.5) is 4.39 Å². The van der Waals surface area contributed by atoms with E-state index < -0.39 is 6.17 Å². The molecule has 0 spiro atoms. The van der Waals surface area contributed by atoms with Crippen LogP contribution in [0.5, 0.6) is 5.75 Å². The van der Waals surface area contributed by atoms with Gasteiger partial charge in [0.1, 0.15) is 0 Å². The summed E-state index contributed by atoms with van der Waals surface area (Å²) in [5, 5.41) is 2.86. The summed E-state index contributed by atoms with van der Waals surface area (Å²) in [6.07, 6.45) is 1.23. The zero-order chi connectivity index (χ0) is 23.4. The van der Waals surface area contributed by atoms with E-state index in [1.165, 1.54) is 23.7 Å². The number of benzene rings is 2. The third-order valence-corrected chi connectivity index (χ3v) is 9.01. The first kappa shape index (κ1) is 21.4. The molecule has 0 bridgehead atoms. The Morgan fingerprint density at radius 3 is 2.82 bits per heavy atom. The van der Waals surface area contributed by atoms with Gasteiger partial charge in [-0.15, -0.1) is 0 Å². The summed E-state index contributed by atoms with van der Waals surface area (Å²) in [4.78, 5) is 27.9. The third-order valence-electron chi connectivity index (χ3n) is 6.62. The Morgan fingerprint density at radius 1 is 1.12 bits per heavy atom. The molecule has 9 heteroatoms. The molecule has 0 N–H and O–H groups in total. The van der Waals surface area contributed by atoms with Crippen LogP contribution in [0.1, 0.15) is 33.2 Å². The van der Waals surface area contributed by atoms with Crippen molar-refractivity contribution in [2.45, 2.75) is 17.5 Å². The zero-order valence-corrected chi connectivity index (χ0v) is 20.2. The van der Waals surface area contributed by atoms with E-state index in [1.54, 1.807) is 21.8 Å². The van der Waals surface area contributed by atoms with Gasteiger partial charge in [0.25, 0.3) is 0 Å². The van der Waals surface area contributed by atoms with Gasteiger partial charge in [-0.3, -0.25) is 0 Å². The Bertz CT molecular complexity index is 1360. The molecule has 1 amide bonds. The number of hydrogen-bond donors (Lipinski definition) is 0. The van der Waals surface area contributed by atoms with E-state index in [9.17, 15) is 14.0 Å². The van der Waals surface area contributed by atoms with Crippen molar-refractivity contribution in [2.24, 2.45) is 0 Å². The van der Waals surface area contributed by atoms with E-state index in [0.29, 0.717) is 19.8 Å². The van der Waals surface area contributed by atoms with Crippen molar-refractivity contribution >= 4 is 25.3 Å². The molecule has 0 aliphatic carbocycles. The standard InChI is InChI=1S/C25H22FN3O4Se/c1-32-24-19(30)8-9-28-23(24)25(31)27-10-11-33-13-21(27)29(28)22-17-7-6-16(26)12-15(17)14-34-20-5-3-2-4-18(20)22/h2-9,12,21-22H,10-11,13-14H2,1H3/t21-,22+/m1/s1. The van der Waals surface area contributed by atoms with Crippen molar-refractivity contribution in [1.29, 1.82) is 0 Å². The van der Waals surface area contributed by atoms with Gasteiger partial charge in [-0.2, -0.15) is 0 Å². The second-order valence-electron chi connectivity index (χ2n) is 8.41. The Morgan fingerprint density at radius 2 is 1.97 bits per heavy atom. The van der Waals surface area contributed by atoms with E-state index in [4.69, 9.17) is 9.47 Å². The molecule has 174 valence electrons. The van der Waals surface area contributed by atoms with Gasteiger partial charge in [0, 0.05) is 0 Å². The molecule has 34 heavy (non-hydrogen) atoms. The quantitative estimate of drug-likeness (QED) is 0.473. The van der Waals surface area contributed by atoms with Gasteiger partial charge in [-0.1, -0.05) is 0 Å². The average Bonchev–Trinajstić information content (AvgIpc) is 3.01. The number of fused-ring (bicyclic) bond motifs is 4. The summed E-state index contributed by atoms with van der Waals surface area (Å²) in [5.74, 6) is -0.501. The predicted molar refractivity (Wildman–Crippen MR) is 125 cm³/mol. The second kappa shape index (κ2) is 8.27. The number of carbonyl (C=O) groups is 1. The number of morpholine rings is 1. The number of pyridine rings is 1. The molecule has 3 aromatic rings. The van der Waals surface area contributed by atoms with Crippen molar-refractivity contribution in [3.8, 4) is 5.75 Å². The molecule has 1 saturated heterocycles. The van der Waals surface area contributed by atoms with E-state index in [2.05, 4.69) is 17.1 Å². The molecule has 1 fully saturated rings. The summed E-state index contributed by atoms with van der Waals surface area (Å²) in [6, 6.07) is 14.3. The molecule has 2 atom stereocenters. The van der Waals surface area contributed by atoms with Crippen LogP contribution in [0.25, 0.3) is 0 Å². The number of carbonyl (C=O) groups excluding carboxylic acids is 1. The molecule has 0 radical (unpaired) electrons. The summed E-state index contributed by atoms with van der Waals surface area (Å²) in [5.41, 5.74) is 2.90. The Hall–Kier alpha value is -3.13. The number of hydrogen-bond acceptors (Lipinski definition) is 5. The Kier molecular flexibility index (Phi) is 5.21. The van der Waals surface area contributed by atoms with E-state index >= 15 is 0 Å². The van der Waals surface area contributed by atoms with Crippen molar-refractivity contribution in [1.82, 2.24) is 9.58 Å². The molecule has 1 aromatic heterocycles. The van der Waals surface area contributed by atoms with Gasteiger partial charge in [-0.25, -0.2) is 0 Å². The molecule has 6 rings (SSSR count). The first-order valence-corrected chi connectivity index (χ1v) is 13.1. The van der Waals surface area contributed by atoms with E-state index in [1.807, 2.05) is 18.2 Å². The first-order chi connectivity index (χ1) is 16.6. The summed E-state index contributed by atoms with van der Waals surface area (Å²) in [7, 11) is 1.40. The summed E-state index contributed by atoms with van der Waals surface area (Å²) >= 11 is 0.117. The number of aromatic nitrogens is 1. The SMILES string of the molecule is COc1c2n(ccc1=O)N([C@H]1c3ccc(F)cc3C[Se]c3ccccc31)[C@@H]1COCCN1C2=O. The molecular weight excluding hydrogens is 504 g/mol. The van der Waals surface area contributed by atoms with Gasteiger partial charge in [-0.05, 0) is 0 Å². The van der Waals surface area contributed by atoms with Crippen molar-refractivity contribution in [2.75, 3.05) is 31.9 Å². The number of nitrogens with zero attached hydrogens (tertiary/aromatic N) is 3. The number of halogens is 1. The van der Waals surface area contributed by atoms with E-state index in [-0.39, 0.29) is 49.6 Å². The summed E-state index contributed by atoms with van der Waals surface area (Å²) in [6.45, 7) is 1.14. The fraction of sp³-hybridized carbons (Fsp3) is 0.280. The Balaban J connectivity index is 1.66. The van der Waals surface area contributed by atoms with Crippen molar-refractivity contribution in [3.63, 3.8) is 0 Å². The fourth-order valence-corrected chi connectivity index (χ4v) is 7.40. The minimum absolute atomic E-state index is 0.0212. The third kappa shape index (κ3) is 3.19. The molecule has 3 aliphatic heterocycles.